The van der Waals surface area contributed by atoms with Crippen LogP contribution in [0.15, 0.2) is 0 Å². The maximum absolute atomic E-state index is 12.5. The van der Waals surface area contributed by atoms with Gasteiger partial charge in [0.2, 0.25) is 0 Å². The van der Waals surface area contributed by atoms with Gasteiger partial charge in [0.15, 0.2) is 0 Å². The van der Waals surface area contributed by atoms with Gasteiger partial charge >= 0.3 is 0 Å². The normalized spacial score (nSPS) is 16.9. The van der Waals surface area contributed by atoms with E-state index in [1.807, 2.05) is 6.92 Å². The SMILES string of the molecule is CCCC(CC)(NC)C(F)F. The number of hydrogen-bond acceptors (Lipinski definition) is 1. The average Bonchev–Trinajstić information content (AvgIpc) is 2.00. The molecular formula is C8H17F2N. The molecule has 0 aliphatic heterocycles. The zero-order chi connectivity index (χ0) is 8.91. The van der Waals surface area contributed by atoms with Crippen molar-refractivity contribution in [3.8, 4) is 0 Å². The van der Waals surface area contributed by atoms with Gasteiger partial charge in [-0.3, -0.25) is 0 Å². The van der Waals surface area contributed by atoms with E-state index >= 15 is 0 Å². The van der Waals surface area contributed by atoms with Crippen LogP contribution in [0, 0.1) is 0 Å². The fraction of sp³-hybridized carbons (Fsp3) is 1.00. The molecule has 1 nitrogen and oxygen atoms in total. The van der Waals surface area contributed by atoms with Crippen LogP contribution in [0.4, 0.5) is 8.78 Å². The third kappa shape index (κ3) is 2.40. The van der Waals surface area contributed by atoms with Crippen LogP contribution in [0.5, 0.6) is 0 Å². The lowest BCUT2D eigenvalue weighted by Gasteiger charge is -2.31. The smallest absolute Gasteiger partial charge is 0.256 e. The molecule has 0 bridgehead atoms. The number of nitrogens with one attached hydrogen (secondary N) is 1. The average molecular weight is 165 g/mol. The van der Waals surface area contributed by atoms with E-state index in [-0.39, 0.29) is 0 Å². The molecule has 1 N–H and O–H groups in total. The van der Waals surface area contributed by atoms with Gasteiger partial charge in [-0.15, -0.1) is 0 Å². The molecule has 0 radical (unpaired) electrons. The van der Waals surface area contributed by atoms with Crippen LogP contribution in [0.2, 0.25) is 0 Å². The fourth-order valence-corrected chi connectivity index (χ4v) is 1.30. The second-order valence-electron chi connectivity index (χ2n) is 2.81. The summed E-state index contributed by atoms with van der Waals surface area (Å²) < 4.78 is 25.0. The molecule has 0 aliphatic rings. The van der Waals surface area contributed by atoms with Crippen LogP contribution in [0.1, 0.15) is 33.1 Å². The van der Waals surface area contributed by atoms with E-state index in [4.69, 9.17) is 0 Å². The van der Waals surface area contributed by atoms with Gasteiger partial charge in [-0.2, -0.15) is 0 Å². The Morgan fingerprint density at radius 3 is 2.00 bits per heavy atom. The minimum atomic E-state index is -2.27. The lowest BCUT2D eigenvalue weighted by Crippen LogP contribution is -2.48. The summed E-state index contributed by atoms with van der Waals surface area (Å²) in [5, 5.41) is 2.72. The predicted octanol–water partition coefficient (Wildman–Crippen LogP) is 2.42. The van der Waals surface area contributed by atoms with Crippen LogP contribution in [-0.2, 0) is 0 Å². The Kier molecular flexibility index (Phi) is 4.57. The van der Waals surface area contributed by atoms with Crippen LogP contribution in [-0.4, -0.2) is 19.0 Å². The maximum atomic E-state index is 12.5. The molecule has 0 rings (SSSR count). The lowest BCUT2D eigenvalue weighted by atomic mass is 9.91. The largest absolute Gasteiger partial charge is 0.309 e. The molecule has 1 atom stereocenters. The van der Waals surface area contributed by atoms with E-state index in [9.17, 15) is 8.78 Å². The molecule has 0 aliphatic carbocycles. The Labute approximate surface area is 67.2 Å². The van der Waals surface area contributed by atoms with Crippen LogP contribution in [0.25, 0.3) is 0 Å². The highest BCUT2D eigenvalue weighted by molar-refractivity contribution is 4.87. The number of halogens is 2. The minimum Gasteiger partial charge on any atom is -0.309 e. The van der Waals surface area contributed by atoms with Gasteiger partial charge in [0.25, 0.3) is 6.43 Å². The third-order valence-corrected chi connectivity index (χ3v) is 2.24. The summed E-state index contributed by atoms with van der Waals surface area (Å²) in [5.74, 6) is 0. The zero-order valence-corrected chi connectivity index (χ0v) is 7.45. The zero-order valence-electron chi connectivity index (χ0n) is 7.45. The Balaban J connectivity index is 4.20. The summed E-state index contributed by atoms with van der Waals surface area (Å²) in [6.45, 7) is 3.71. The first-order valence-electron chi connectivity index (χ1n) is 4.10. The van der Waals surface area contributed by atoms with Crippen molar-refractivity contribution in [3.05, 3.63) is 0 Å². The molecular weight excluding hydrogens is 148 g/mol. The van der Waals surface area contributed by atoms with Crippen molar-refractivity contribution in [2.24, 2.45) is 0 Å². The molecule has 0 aromatic rings. The van der Waals surface area contributed by atoms with Crippen molar-refractivity contribution in [2.45, 2.75) is 45.1 Å². The van der Waals surface area contributed by atoms with E-state index < -0.39 is 12.0 Å². The summed E-state index contributed by atoms with van der Waals surface area (Å²) in [6.07, 6.45) is -0.455. The Bertz CT molecular complexity index is 100. The summed E-state index contributed by atoms with van der Waals surface area (Å²) in [4.78, 5) is 0. The number of rotatable bonds is 5. The fourth-order valence-electron chi connectivity index (χ4n) is 1.30. The topological polar surface area (TPSA) is 12.0 Å². The molecule has 0 heterocycles. The standard InChI is InChI=1S/C8H17F2N/c1-4-6-8(5-2,11-3)7(9)10/h7,11H,4-6H2,1-3H3. The highest BCUT2D eigenvalue weighted by Gasteiger charge is 2.35. The van der Waals surface area contributed by atoms with Crippen LogP contribution < -0.4 is 5.32 Å². The molecule has 68 valence electrons. The summed E-state index contributed by atoms with van der Waals surface area (Å²) >= 11 is 0. The molecule has 11 heavy (non-hydrogen) atoms. The monoisotopic (exact) mass is 165 g/mol. The Morgan fingerprint density at radius 2 is 1.91 bits per heavy atom. The molecule has 0 fully saturated rings. The molecule has 1 unspecified atom stereocenters. The minimum absolute atomic E-state index is 0.481. The van der Waals surface area contributed by atoms with Crippen molar-refractivity contribution < 1.29 is 8.78 Å². The van der Waals surface area contributed by atoms with Crippen molar-refractivity contribution in [3.63, 3.8) is 0 Å². The van der Waals surface area contributed by atoms with Crippen molar-refractivity contribution in [2.75, 3.05) is 7.05 Å². The summed E-state index contributed by atoms with van der Waals surface area (Å²) in [6, 6.07) is 0. The molecule has 0 saturated heterocycles. The van der Waals surface area contributed by atoms with Gasteiger partial charge in [-0.25, -0.2) is 8.78 Å². The van der Waals surface area contributed by atoms with Crippen molar-refractivity contribution in [1.29, 1.82) is 0 Å². The van der Waals surface area contributed by atoms with E-state index in [0.717, 1.165) is 6.42 Å². The van der Waals surface area contributed by atoms with E-state index in [1.165, 1.54) is 0 Å². The Hall–Kier alpha value is -0.180. The molecule has 3 heteroatoms. The van der Waals surface area contributed by atoms with Crippen molar-refractivity contribution >= 4 is 0 Å². The molecule has 0 aromatic heterocycles. The first-order chi connectivity index (χ1) is 5.13. The van der Waals surface area contributed by atoms with E-state index in [1.54, 1.807) is 14.0 Å². The molecule has 0 saturated carbocycles. The molecule has 0 spiro atoms. The molecule has 0 aromatic carbocycles. The van der Waals surface area contributed by atoms with E-state index in [0.29, 0.717) is 12.8 Å². The highest BCUT2D eigenvalue weighted by atomic mass is 19.3. The summed E-state index contributed by atoms with van der Waals surface area (Å²) in [5.41, 5.74) is -0.950. The first-order valence-corrected chi connectivity index (χ1v) is 4.10. The van der Waals surface area contributed by atoms with E-state index in [2.05, 4.69) is 5.32 Å². The van der Waals surface area contributed by atoms with Gasteiger partial charge in [-0.05, 0) is 19.9 Å². The van der Waals surface area contributed by atoms with Gasteiger partial charge in [0, 0.05) is 0 Å². The molecule has 0 amide bonds. The number of alkyl halides is 2. The maximum Gasteiger partial charge on any atom is 0.256 e. The van der Waals surface area contributed by atoms with Gasteiger partial charge in [-0.1, -0.05) is 20.3 Å². The van der Waals surface area contributed by atoms with Gasteiger partial charge < -0.3 is 5.32 Å². The van der Waals surface area contributed by atoms with Crippen molar-refractivity contribution in [1.82, 2.24) is 5.32 Å². The van der Waals surface area contributed by atoms with Gasteiger partial charge in [0.1, 0.15) is 0 Å². The second kappa shape index (κ2) is 4.65. The van der Waals surface area contributed by atoms with Gasteiger partial charge in [0.05, 0.1) is 5.54 Å². The van der Waals surface area contributed by atoms with Crippen LogP contribution in [0.3, 0.4) is 0 Å². The number of hydrogen-bond donors (Lipinski definition) is 1. The lowest BCUT2D eigenvalue weighted by molar-refractivity contribution is 0.0258. The summed E-state index contributed by atoms with van der Waals surface area (Å²) in [7, 11) is 1.60. The van der Waals surface area contributed by atoms with Crippen LogP contribution >= 0.6 is 0 Å². The quantitative estimate of drug-likeness (QED) is 0.659. The predicted molar refractivity (Wildman–Crippen MR) is 43.0 cm³/mol. The second-order valence-corrected chi connectivity index (χ2v) is 2.81. The Morgan fingerprint density at radius 1 is 1.36 bits per heavy atom. The highest BCUT2D eigenvalue weighted by Crippen LogP contribution is 2.24. The third-order valence-electron chi connectivity index (χ3n) is 2.24. The first kappa shape index (κ1) is 10.8.